The van der Waals surface area contributed by atoms with Gasteiger partial charge in [-0.2, -0.15) is 22.1 Å². The van der Waals surface area contributed by atoms with Crippen molar-refractivity contribution >= 4 is 33.4 Å². The maximum atomic E-state index is 13.1. The van der Waals surface area contributed by atoms with Crippen LogP contribution in [0.25, 0.3) is 0 Å². The molecule has 0 bridgehead atoms. The Balaban J connectivity index is 1.73. The molecule has 1 aromatic carbocycles. The lowest BCUT2D eigenvalue weighted by Crippen LogP contribution is -2.55. The summed E-state index contributed by atoms with van der Waals surface area (Å²) in [4.78, 5) is 27.2. The molecule has 1 saturated heterocycles. The van der Waals surface area contributed by atoms with Crippen LogP contribution in [0.4, 0.5) is 5.69 Å². The van der Waals surface area contributed by atoms with Gasteiger partial charge in [0.05, 0.1) is 5.69 Å². The van der Waals surface area contributed by atoms with E-state index < -0.39 is 10.2 Å². The summed E-state index contributed by atoms with van der Waals surface area (Å²) in [5.74, 6) is -0.372. The molecule has 170 valence electrons. The molecule has 31 heavy (non-hydrogen) atoms. The van der Waals surface area contributed by atoms with Crippen LogP contribution >= 0.6 is 0 Å². The minimum Gasteiger partial charge on any atom is -0.335 e. The molecule has 0 aliphatic carbocycles. The molecule has 3 rings (SSSR count). The van der Waals surface area contributed by atoms with Gasteiger partial charge in [-0.15, -0.1) is 0 Å². The Labute approximate surface area is 184 Å². The Kier molecular flexibility index (Phi) is 7.13. The Morgan fingerprint density at radius 2 is 1.71 bits per heavy atom. The third-order valence-electron chi connectivity index (χ3n) is 5.76. The molecule has 2 aliphatic heterocycles. The highest BCUT2D eigenvalue weighted by Gasteiger charge is 2.34. The minimum absolute atomic E-state index is 0.139. The monoisotopic (exact) mass is 449 g/mol. The van der Waals surface area contributed by atoms with Crippen LogP contribution in [0.15, 0.2) is 23.3 Å². The second kappa shape index (κ2) is 9.46. The normalized spacial score (nSPS) is 18.5. The fraction of sp³-hybridized carbons (Fsp3) is 0.571. The quantitative estimate of drug-likeness (QED) is 0.658. The van der Waals surface area contributed by atoms with Crippen molar-refractivity contribution in [3.8, 4) is 0 Å². The van der Waals surface area contributed by atoms with Crippen LogP contribution in [0, 0.1) is 13.8 Å². The van der Waals surface area contributed by atoms with Gasteiger partial charge in [0.1, 0.15) is 5.71 Å². The number of amides is 2. The van der Waals surface area contributed by atoms with Crippen molar-refractivity contribution in [2.75, 3.05) is 44.3 Å². The molecule has 1 fully saturated rings. The Morgan fingerprint density at radius 3 is 2.32 bits per heavy atom. The second-order valence-electron chi connectivity index (χ2n) is 7.83. The number of carbonyl (C=O) groups excluding carboxylic acids is 2. The zero-order chi connectivity index (χ0) is 22.8. The van der Waals surface area contributed by atoms with Gasteiger partial charge in [0, 0.05) is 52.1 Å². The van der Waals surface area contributed by atoms with E-state index in [1.165, 1.54) is 13.6 Å². The van der Waals surface area contributed by atoms with E-state index >= 15 is 0 Å². The lowest BCUT2D eigenvalue weighted by molar-refractivity contribution is -0.125. The first-order valence-electron chi connectivity index (χ1n) is 10.7. The Hall–Kier alpha value is -2.30. The van der Waals surface area contributed by atoms with E-state index in [-0.39, 0.29) is 37.7 Å². The fourth-order valence-electron chi connectivity index (χ4n) is 3.86. The summed E-state index contributed by atoms with van der Waals surface area (Å²) >= 11 is 0. The SMILES string of the molecule is CCN(CC)S(=O)(=O)N1CCN(C(=O)C2=NN(c3cc(C)ccc3C)C(=O)CC2)CC1. The van der Waals surface area contributed by atoms with Gasteiger partial charge >= 0.3 is 0 Å². The van der Waals surface area contributed by atoms with E-state index in [2.05, 4.69) is 5.10 Å². The number of hydrogen-bond acceptors (Lipinski definition) is 5. The lowest BCUT2D eigenvalue weighted by Gasteiger charge is -2.36. The molecule has 0 unspecified atom stereocenters. The number of piperazine rings is 1. The average molecular weight is 450 g/mol. The van der Waals surface area contributed by atoms with E-state index in [0.29, 0.717) is 37.6 Å². The van der Waals surface area contributed by atoms with Gasteiger partial charge < -0.3 is 4.90 Å². The molecule has 0 aromatic heterocycles. The van der Waals surface area contributed by atoms with Gasteiger partial charge in [-0.3, -0.25) is 9.59 Å². The zero-order valence-electron chi connectivity index (χ0n) is 18.7. The van der Waals surface area contributed by atoms with Crippen LogP contribution in [0.1, 0.15) is 37.8 Å². The highest BCUT2D eigenvalue weighted by Crippen LogP contribution is 2.26. The second-order valence-corrected chi connectivity index (χ2v) is 9.75. The molecular formula is C21H31N5O4S. The van der Waals surface area contributed by atoms with Crippen molar-refractivity contribution in [2.24, 2.45) is 5.10 Å². The van der Waals surface area contributed by atoms with E-state index in [0.717, 1.165) is 11.1 Å². The lowest BCUT2D eigenvalue weighted by atomic mass is 10.1. The smallest absolute Gasteiger partial charge is 0.282 e. The fourth-order valence-corrected chi connectivity index (χ4v) is 5.46. The number of hydrogen-bond donors (Lipinski definition) is 0. The number of aryl methyl sites for hydroxylation is 2. The third-order valence-corrected chi connectivity index (χ3v) is 7.94. The minimum atomic E-state index is -3.51. The summed E-state index contributed by atoms with van der Waals surface area (Å²) in [6.07, 6.45) is 0.505. The van der Waals surface area contributed by atoms with Crippen LogP contribution in [0.5, 0.6) is 0 Å². The number of nitrogens with zero attached hydrogens (tertiary/aromatic N) is 5. The standard InChI is InChI=1S/C21H31N5O4S/c1-5-24(6-2)31(29,30)25-13-11-23(12-14-25)21(28)18-9-10-20(27)26(22-18)19-15-16(3)7-8-17(19)4/h7-8,15H,5-6,9-14H2,1-4H3. The molecule has 9 nitrogen and oxygen atoms in total. The first-order valence-corrected chi connectivity index (χ1v) is 12.1. The number of anilines is 1. The van der Waals surface area contributed by atoms with Crippen molar-refractivity contribution in [1.82, 2.24) is 13.5 Å². The van der Waals surface area contributed by atoms with Crippen molar-refractivity contribution < 1.29 is 18.0 Å². The van der Waals surface area contributed by atoms with E-state index in [9.17, 15) is 18.0 Å². The van der Waals surface area contributed by atoms with Gasteiger partial charge in [0.2, 0.25) is 5.91 Å². The molecule has 10 heteroatoms. The number of benzene rings is 1. The Morgan fingerprint density at radius 1 is 1.06 bits per heavy atom. The van der Waals surface area contributed by atoms with Gasteiger partial charge in [0.15, 0.2) is 0 Å². The first-order chi connectivity index (χ1) is 14.7. The molecule has 2 heterocycles. The highest BCUT2D eigenvalue weighted by atomic mass is 32.2. The number of hydrazone groups is 1. The largest absolute Gasteiger partial charge is 0.335 e. The van der Waals surface area contributed by atoms with E-state index in [1.807, 2.05) is 45.9 Å². The number of carbonyl (C=O) groups is 2. The summed E-state index contributed by atoms with van der Waals surface area (Å²) < 4.78 is 28.3. The molecule has 0 saturated carbocycles. The predicted molar refractivity (Wildman–Crippen MR) is 120 cm³/mol. The van der Waals surface area contributed by atoms with Gasteiger partial charge in [-0.1, -0.05) is 26.0 Å². The molecule has 0 N–H and O–H groups in total. The van der Waals surface area contributed by atoms with Crippen LogP contribution in [-0.4, -0.2) is 78.7 Å². The molecule has 0 spiro atoms. The molecule has 0 atom stereocenters. The molecule has 2 amide bonds. The van der Waals surface area contributed by atoms with Gasteiger partial charge in [-0.25, -0.2) is 5.01 Å². The maximum Gasteiger partial charge on any atom is 0.282 e. The van der Waals surface area contributed by atoms with Crippen LogP contribution in [-0.2, 0) is 19.8 Å². The first kappa shape index (κ1) is 23.4. The van der Waals surface area contributed by atoms with Crippen molar-refractivity contribution in [3.05, 3.63) is 29.3 Å². The predicted octanol–water partition coefficient (Wildman–Crippen LogP) is 1.52. The summed E-state index contributed by atoms with van der Waals surface area (Å²) in [5.41, 5.74) is 2.94. The molecule has 1 aromatic rings. The van der Waals surface area contributed by atoms with Gasteiger partial charge in [0.25, 0.3) is 16.1 Å². The molecule has 2 aliphatic rings. The summed E-state index contributed by atoms with van der Waals surface area (Å²) in [6.45, 7) is 9.40. The third kappa shape index (κ3) is 4.81. The molecular weight excluding hydrogens is 418 g/mol. The summed E-state index contributed by atoms with van der Waals surface area (Å²) in [7, 11) is -3.51. The topological polar surface area (TPSA) is 93.6 Å². The van der Waals surface area contributed by atoms with Crippen molar-refractivity contribution in [3.63, 3.8) is 0 Å². The van der Waals surface area contributed by atoms with Crippen molar-refractivity contribution in [2.45, 2.75) is 40.5 Å². The highest BCUT2D eigenvalue weighted by molar-refractivity contribution is 7.86. The van der Waals surface area contributed by atoms with E-state index in [4.69, 9.17) is 0 Å². The van der Waals surface area contributed by atoms with Crippen LogP contribution in [0.2, 0.25) is 0 Å². The van der Waals surface area contributed by atoms with Gasteiger partial charge in [-0.05, 0) is 31.0 Å². The number of rotatable bonds is 6. The summed E-state index contributed by atoms with van der Waals surface area (Å²) in [6, 6.07) is 5.79. The Bertz CT molecular complexity index is 979. The van der Waals surface area contributed by atoms with Crippen LogP contribution < -0.4 is 5.01 Å². The van der Waals surface area contributed by atoms with E-state index in [1.54, 1.807) is 4.90 Å². The zero-order valence-corrected chi connectivity index (χ0v) is 19.5. The van der Waals surface area contributed by atoms with Crippen LogP contribution in [0.3, 0.4) is 0 Å². The average Bonchev–Trinajstić information content (AvgIpc) is 2.76. The summed E-state index contributed by atoms with van der Waals surface area (Å²) in [5, 5.41) is 5.74. The molecule has 0 radical (unpaired) electrons. The maximum absolute atomic E-state index is 13.1. The van der Waals surface area contributed by atoms with Crippen molar-refractivity contribution in [1.29, 1.82) is 0 Å².